The quantitative estimate of drug-likeness (QED) is 0.267. The van der Waals surface area contributed by atoms with Crippen LogP contribution < -0.4 is 11.2 Å². The second-order valence-electron chi connectivity index (χ2n) is 6.27. The zero-order chi connectivity index (χ0) is 19.2. The van der Waals surface area contributed by atoms with Crippen LogP contribution in [0.15, 0.2) is 21.9 Å². The Balaban J connectivity index is 2.18. The largest absolute Gasteiger partial charge is 0.394 e. The van der Waals surface area contributed by atoms with Crippen LogP contribution in [0, 0.1) is 0 Å². The van der Waals surface area contributed by atoms with Gasteiger partial charge in [-0.15, -0.1) is 0 Å². The summed E-state index contributed by atoms with van der Waals surface area (Å²) in [4.78, 5) is 25.6. The van der Waals surface area contributed by atoms with Gasteiger partial charge in [0.05, 0.1) is 13.2 Å². The van der Waals surface area contributed by atoms with E-state index >= 15 is 0 Å². The van der Waals surface area contributed by atoms with Crippen LogP contribution in [0.2, 0.25) is 0 Å². The molecule has 12 nitrogen and oxygen atoms in total. The van der Waals surface area contributed by atoms with Crippen molar-refractivity contribution in [3.8, 4) is 0 Å². The lowest BCUT2D eigenvalue weighted by Crippen LogP contribution is -2.61. The van der Waals surface area contributed by atoms with Crippen LogP contribution >= 0.6 is 0 Å². The topological polar surface area (TPSA) is 195 Å². The zero-order valence-corrected chi connectivity index (χ0v) is 13.4. The van der Waals surface area contributed by atoms with Crippen LogP contribution in [0.1, 0.15) is 0 Å². The van der Waals surface area contributed by atoms with Crippen molar-refractivity contribution in [2.45, 2.75) is 48.5 Å². The molecule has 1 aromatic heterocycles. The average molecular weight is 376 g/mol. The first-order chi connectivity index (χ1) is 12.3. The number of aromatic amines is 1. The molecule has 2 fully saturated rings. The third-order valence-corrected chi connectivity index (χ3v) is 4.80. The predicted molar refractivity (Wildman–Crippen MR) is 81.0 cm³/mol. The Kier molecular flexibility index (Phi) is 5.02. The Bertz CT molecular complexity index is 765. The highest BCUT2D eigenvalue weighted by atomic mass is 16.6. The number of nitrogens with one attached hydrogen (secondary N) is 1. The molecule has 3 rings (SSSR count). The van der Waals surface area contributed by atoms with Gasteiger partial charge >= 0.3 is 5.69 Å². The molecule has 2 aliphatic heterocycles. The van der Waals surface area contributed by atoms with Gasteiger partial charge in [0.25, 0.3) is 5.56 Å². The molecule has 3 heterocycles. The summed E-state index contributed by atoms with van der Waals surface area (Å²) in [6, 6.07) is 0.944. The van der Waals surface area contributed by atoms with E-state index in [0.29, 0.717) is 4.57 Å². The molecule has 12 heteroatoms. The van der Waals surface area contributed by atoms with E-state index in [1.807, 2.05) is 4.98 Å². The molecule has 0 spiro atoms. The highest BCUT2D eigenvalue weighted by Crippen LogP contribution is 2.43. The minimum Gasteiger partial charge on any atom is -0.394 e. The minimum absolute atomic E-state index is 0.673. The van der Waals surface area contributed by atoms with Gasteiger partial charge in [0.15, 0.2) is 0 Å². The fourth-order valence-corrected chi connectivity index (χ4v) is 3.48. The first-order valence-electron chi connectivity index (χ1n) is 7.87. The van der Waals surface area contributed by atoms with Gasteiger partial charge < -0.3 is 40.1 Å². The van der Waals surface area contributed by atoms with Gasteiger partial charge in [0, 0.05) is 12.3 Å². The highest BCUT2D eigenvalue weighted by Gasteiger charge is 2.65. The molecule has 2 aliphatic rings. The SMILES string of the molecule is O=c1ccn([C@]2(C3O[C@H](CO)[C@@H](O)[C@H]3O)O[C@H](CO)[C@@H](O)[C@H]2O)c(=O)[nH]1. The maximum absolute atomic E-state index is 12.3. The van der Waals surface area contributed by atoms with E-state index < -0.39 is 72.9 Å². The van der Waals surface area contributed by atoms with Crippen LogP contribution in [-0.2, 0) is 15.2 Å². The van der Waals surface area contributed by atoms with Gasteiger partial charge in [-0.2, -0.15) is 0 Å². The molecule has 0 bridgehead atoms. The fraction of sp³-hybridized carbons (Fsp3) is 0.714. The van der Waals surface area contributed by atoms with Crippen molar-refractivity contribution in [2.24, 2.45) is 0 Å². The second kappa shape index (κ2) is 6.83. The van der Waals surface area contributed by atoms with Crippen molar-refractivity contribution < 1.29 is 40.1 Å². The Labute approximate surface area is 145 Å². The molecule has 0 radical (unpaired) electrons. The van der Waals surface area contributed by atoms with Gasteiger partial charge in [-0.25, -0.2) is 4.79 Å². The van der Waals surface area contributed by atoms with Crippen molar-refractivity contribution in [1.82, 2.24) is 9.55 Å². The number of H-pyrrole nitrogens is 1. The van der Waals surface area contributed by atoms with E-state index in [0.717, 1.165) is 12.3 Å². The van der Waals surface area contributed by atoms with E-state index in [1.54, 1.807) is 0 Å². The van der Waals surface area contributed by atoms with E-state index in [2.05, 4.69) is 0 Å². The summed E-state index contributed by atoms with van der Waals surface area (Å²) < 4.78 is 11.6. The van der Waals surface area contributed by atoms with Crippen LogP contribution in [0.25, 0.3) is 0 Å². The summed E-state index contributed by atoms with van der Waals surface area (Å²) in [5, 5.41) is 59.8. The van der Waals surface area contributed by atoms with Crippen molar-refractivity contribution in [3.05, 3.63) is 33.1 Å². The zero-order valence-electron chi connectivity index (χ0n) is 13.4. The number of aromatic nitrogens is 2. The van der Waals surface area contributed by atoms with E-state index in [-0.39, 0.29) is 0 Å². The molecule has 1 aromatic rings. The smallest absolute Gasteiger partial charge is 0.330 e. The molecule has 146 valence electrons. The van der Waals surface area contributed by atoms with Crippen LogP contribution in [0.4, 0.5) is 0 Å². The number of nitrogens with zero attached hydrogens (tertiary/aromatic N) is 1. The number of rotatable bonds is 4. The molecule has 2 saturated heterocycles. The summed E-state index contributed by atoms with van der Waals surface area (Å²) in [7, 11) is 0. The van der Waals surface area contributed by atoms with Gasteiger partial charge in [-0.3, -0.25) is 14.3 Å². The number of ether oxygens (including phenoxy) is 2. The Morgan fingerprint density at radius 2 is 1.69 bits per heavy atom. The van der Waals surface area contributed by atoms with Crippen molar-refractivity contribution in [3.63, 3.8) is 0 Å². The van der Waals surface area contributed by atoms with Gasteiger partial charge in [-0.05, 0) is 0 Å². The molecule has 0 amide bonds. The third kappa shape index (κ3) is 2.62. The van der Waals surface area contributed by atoms with Crippen LogP contribution in [0.3, 0.4) is 0 Å². The first-order valence-corrected chi connectivity index (χ1v) is 7.87. The summed E-state index contributed by atoms with van der Waals surface area (Å²) in [5.74, 6) is 0. The Morgan fingerprint density at radius 3 is 2.19 bits per heavy atom. The highest BCUT2D eigenvalue weighted by molar-refractivity contribution is 5.10. The molecule has 0 aliphatic carbocycles. The van der Waals surface area contributed by atoms with Crippen molar-refractivity contribution >= 4 is 0 Å². The van der Waals surface area contributed by atoms with Crippen molar-refractivity contribution in [1.29, 1.82) is 0 Å². The summed E-state index contributed by atoms with van der Waals surface area (Å²) in [6.45, 7) is -1.40. The van der Waals surface area contributed by atoms with Gasteiger partial charge in [-0.1, -0.05) is 0 Å². The Hall–Kier alpha value is -1.64. The van der Waals surface area contributed by atoms with E-state index in [9.17, 15) is 40.2 Å². The molecule has 0 saturated carbocycles. The maximum atomic E-state index is 12.3. The standard InChI is InChI=1S/C14H20N2O10/c17-3-5-8(20)10(22)12(25-5)14(11(23)9(21)6(4-18)26-14)16-2-1-7(19)15-13(16)24/h1-2,5-6,8-12,17-18,20-23H,3-4H2,(H,15,19,24)/t5-,6-,8-,9-,10-,11-,12?,14+/m1/s1. The lowest BCUT2D eigenvalue weighted by Gasteiger charge is -2.39. The molecular formula is C14H20N2O10. The lowest BCUT2D eigenvalue weighted by atomic mass is 9.92. The molecule has 7 N–H and O–H groups in total. The summed E-state index contributed by atoms with van der Waals surface area (Å²) in [5.41, 5.74) is -4.06. The minimum atomic E-state index is -2.28. The number of aliphatic hydroxyl groups excluding tert-OH is 6. The third-order valence-electron chi connectivity index (χ3n) is 4.80. The number of hydrogen-bond acceptors (Lipinski definition) is 10. The van der Waals surface area contributed by atoms with Gasteiger partial charge in [0.2, 0.25) is 5.72 Å². The van der Waals surface area contributed by atoms with Crippen molar-refractivity contribution in [2.75, 3.05) is 13.2 Å². The maximum Gasteiger partial charge on any atom is 0.330 e. The van der Waals surface area contributed by atoms with Crippen LogP contribution in [0.5, 0.6) is 0 Å². The van der Waals surface area contributed by atoms with Crippen LogP contribution in [-0.4, -0.2) is 96.1 Å². The average Bonchev–Trinajstić information content (AvgIpc) is 3.04. The molecule has 26 heavy (non-hydrogen) atoms. The monoisotopic (exact) mass is 376 g/mol. The predicted octanol–water partition coefficient (Wildman–Crippen LogP) is -5.22. The van der Waals surface area contributed by atoms with E-state index in [1.165, 1.54) is 0 Å². The molecule has 0 aromatic carbocycles. The molecule has 8 atom stereocenters. The molecule has 1 unspecified atom stereocenters. The van der Waals surface area contributed by atoms with E-state index in [4.69, 9.17) is 9.47 Å². The number of aliphatic hydroxyl groups is 6. The normalized spacial score (nSPS) is 43.1. The fourth-order valence-electron chi connectivity index (χ4n) is 3.48. The second-order valence-corrected chi connectivity index (χ2v) is 6.27. The first kappa shape index (κ1) is 19.1. The number of hydrogen-bond donors (Lipinski definition) is 7. The Morgan fingerprint density at radius 1 is 1.04 bits per heavy atom. The van der Waals surface area contributed by atoms with Gasteiger partial charge in [0.1, 0.15) is 42.7 Å². The lowest BCUT2D eigenvalue weighted by molar-refractivity contribution is -0.234. The summed E-state index contributed by atoms with van der Waals surface area (Å²) >= 11 is 0. The summed E-state index contributed by atoms with van der Waals surface area (Å²) in [6.07, 6.45) is -10.1. The molecular weight excluding hydrogens is 356 g/mol.